The summed E-state index contributed by atoms with van der Waals surface area (Å²) in [5.41, 5.74) is 0.687. The fourth-order valence-electron chi connectivity index (χ4n) is 3.88. The summed E-state index contributed by atoms with van der Waals surface area (Å²) < 4.78 is 0. The average Bonchev–Trinajstić information content (AvgIpc) is 2.75. The van der Waals surface area contributed by atoms with Crippen molar-refractivity contribution < 1.29 is 15.0 Å². The third-order valence-corrected chi connectivity index (χ3v) is 6.49. The summed E-state index contributed by atoms with van der Waals surface area (Å²) in [6.07, 6.45) is 1.61. The number of carbonyl (C=O) groups excluding carboxylic acids is 1. The molecule has 1 amide bonds. The van der Waals surface area contributed by atoms with Crippen LogP contribution in [0.1, 0.15) is 56.8 Å². The maximum Gasteiger partial charge on any atom is 0.226 e. The second-order valence-electron chi connectivity index (χ2n) is 8.92. The van der Waals surface area contributed by atoms with Gasteiger partial charge in [0.25, 0.3) is 0 Å². The number of aliphatic hydroxyl groups excluding tert-OH is 2. The molecule has 0 aliphatic carbocycles. The average molecular weight is 478 g/mol. The van der Waals surface area contributed by atoms with Gasteiger partial charge in [-0.2, -0.15) is 0 Å². The van der Waals surface area contributed by atoms with E-state index >= 15 is 0 Å². The minimum atomic E-state index is -0.874. The monoisotopic (exact) mass is 477 g/mol. The Morgan fingerprint density at radius 2 is 1.78 bits per heavy atom. The Morgan fingerprint density at radius 3 is 2.31 bits per heavy atom. The van der Waals surface area contributed by atoms with Gasteiger partial charge in [-0.1, -0.05) is 74.3 Å². The molecule has 0 radical (unpaired) electrons. The molecule has 0 saturated carbocycles. The summed E-state index contributed by atoms with van der Waals surface area (Å²) in [5.74, 6) is -0.502. The zero-order chi connectivity index (χ0) is 23.9. The highest BCUT2D eigenvalue weighted by Gasteiger charge is 2.39. The summed E-state index contributed by atoms with van der Waals surface area (Å²) in [4.78, 5) is 13.4. The SMILES string of the molecule is C=CC[C@@](C)(C[C@H](c1cccc(Cl)c1)C(O)c1ccc(Cl)cc1)C(=O)N[C@H](CO)C(C)C. The van der Waals surface area contributed by atoms with Crippen LogP contribution in [0.5, 0.6) is 0 Å². The van der Waals surface area contributed by atoms with Crippen molar-refractivity contribution >= 4 is 29.1 Å². The first-order valence-corrected chi connectivity index (χ1v) is 11.6. The van der Waals surface area contributed by atoms with E-state index in [1.54, 1.807) is 36.4 Å². The Morgan fingerprint density at radius 1 is 1.12 bits per heavy atom. The molecule has 1 unspecified atom stereocenters. The number of amides is 1. The highest BCUT2D eigenvalue weighted by Crippen LogP contribution is 2.43. The van der Waals surface area contributed by atoms with Gasteiger partial charge in [-0.05, 0) is 54.2 Å². The molecule has 0 bridgehead atoms. The Hall–Kier alpha value is -1.85. The van der Waals surface area contributed by atoms with Crippen molar-refractivity contribution in [2.45, 2.75) is 51.7 Å². The first kappa shape index (κ1) is 26.4. The summed E-state index contributed by atoms with van der Waals surface area (Å²) in [6, 6.07) is 14.0. The maximum atomic E-state index is 13.4. The largest absolute Gasteiger partial charge is 0.394 e. The van der Waals surface area contributed by atoms with E-state index in [-0.39, 0.29) is 24.5 Å². The molecular formula is C26H33Cl2NO3. The number of nitrogens with one attached hydrogen (secondary N) is 1. The molecule has 0 saturated heterocycles. The Balaban J connectivity index is 2.44. The Kier molecular flexibility index (Phi) is 9.78. The molecule has 174 valence electrons. The number of allylic oxidation sites excluding steroid dienone is 1. The molecule has 32 heavy (non-hydrogen) atoms. The molecule has 0 aliphatic rings. The van der Waals surface area contributed by atoms with Crippen molar-refractivity contribution in [2.24, 2.45) is 11.3 Å². The normalized spacial score (nSPS) is 16.1. The van der Waals surface area contributed by atoms with Crippen LogP contribution in [0, 0.1) is 11.3 Å². The van der Waals surface area contributed by atoms with E-state index in [4.69, 9.17) is 23.2 Å². The second kappa shape index (κ2) is 11.9. The molecule has 2 rings (SSSR count). The van der Waals surface area contributed by atoms with Crippen molar-refractivity contribution in [2.75, 3.05) is 6.61 Å². The van der Waals surface area contributed by atoms with Gasteiger partial charge in [0.1, 0.15) is 0 Å². The summed E-state index contributed by atoms with van der Waals surface area (Å²) >= 11 is 12.3. The predicted molar refractivity (Wildman–Crippen MR) is 132 cm³/mol. The van der Waals surface area contributed by atoms with E-state index in [0.717, 1.165) is 5.56 Å². The highest BCUT2D eigenvalue weighted by atomic mass is 35.5. The van der Waals surface area contributed by atoms with Crippen LogP contribution in [0.3, 0.4) is 0 Å². The van der Waals surface area contributed by atoms with Crippen molar-refractivity contribution in [3.05, 3.63) is 82.4 Å². The van der Waals surface area contributed by atoms with Crippen molar-refractivity contribution in [3.8, 4) is 0 Å². The van der Waals surface area contributed by atoms with Gasteiger partial charge < -0.3 is 15.5 Å². The number of rotatable bonds is 11. The number of benzene rings is 2. The summed E-state index contributed by atoms with van der Waals surface area (Å²) in [6.45, 7) is 9.47. The lowest BCUT2D eigenvalue weighted by Crippen LogP contribution is -2.48. The van der Waals surface area contributed by atoms with Crippen molar-refractivity contribution in [3.63, 3.8) is 0 Å². The second-order valence-corrected chi connectivity index (χ2v) is 9.79. The van der Waals surface area contributed by atoms with Crippen LogP contribution in [-0.4, -0.2) is 28.8 Å². The molecular weight excluding hydrogens is 445 g/mol. The molecule has 0 aromatic heterocycles. The lowest BCUT2D eigenvalue weighted by atomic mass is 9.72. The van der Waals surface area contributed by atoms with Crippen LogP contribution in [-0.2, 0) is 4.79 Å². The molecule has 0 aliphatic heterocycles. The minimum absolute atomic E-state index is 0.0836. The smallest absolute Gasteiger partial charge is 0.226 e. The van der Waals surface area contributed by atoms with E-state index in [1.165, 1.54) is 0 Å². The van der Waals surface area contributed by atoms with E-state index in [1.807, 2.05) is 39.0 Å². The van der Waals surface area contributed by atoms with Gasteiger partial charge >= 0.3 is 0 Å². The highest BCUT2D eigenvalue weighted by molar-refractivity contribution is 6.30. The van der Waals surface area contributed by atoms with Crippen LogP contribution in [0.15, 0.2) is 61.2 Å². The van der Waals surface area contributed by atoms with Gasteiger partial charge in [0, 0.05) is 16.0 Å². The van der Waals surface area contributed by atoms with Crippen LogP contribution < -0.4 is 5.32 Å². The minimum Gasteiger partial charge on any atom is -0.394 e. The number of hydrogen-bond acceptors (Lipinski definition) is 3. The van der Waals surface area contributed by atoms with Crippen molar-refractivity contribution in [1.82, 2.24) is 5.32 Å². The third-order valence-electron chi connectivity index (χ3n) is 6.00. The predicted octanol–water partition coefficient (Wildman–Crippen LogP) is 5.92. The molecule has 2 aromatic carbocycles. The lowest BCUT2D eigenvalue weighted by molar-refractivity contribution is -0.132. The Bertz CT molecular complexity index is 900. The molecule has 6 heteroatoms. The fourth-order valence-corrected chi connectivity index (χ4v) is 4.20. The number of aliphatic hydroxyl groups is 2. The Labute approximate surface area is 201 Å². The molecule has 4 nitrogen and oxygen atoms in total. The van der Waals surface area contributed by atoms with Crippen molar-refractivity contribution in [1.29, 1.82) is 0 Å². The summed E-state index contributed by atoms with van der Waals surface area (Å²) in [7, 11) is 0. The van der Waals surface area contributed by atoms with Crippen LogP contribution in [0.2, 0.25) is 10.0 Å². The first-order chi connectivity index (χ1) is 15.1. The maximum absolute atomic E-state index is 13.4. The molecule has 0 spiro atoms. The van der Waals surface area contributed by atoms with E-state index < -0.39 is 17.4 Å². The molecule has 4 atom stereocenters. The topological polar surface area (TPSA) is 69.6 Å². The zero-order valence-electron chi connectivity index (χ0n) is 18.9. The van der Waals surface area contributed by atoms with Crippen LogP contribution in [0.25, 0.3) is 0 Å². The number of halogens is 2. The quantitative estimate of drug-likeness (QED) is 0.352. The van der Waals surface area contributed by atoms with Gasteiger partial charge in [0.15, 0.2) is 0 Å². The van der Waals surface area contributed by atoms with Crippen LogP contribution in [0.4, 0.5) is 0 Å². The van der Waals surface area contributed by atoms with E-state index in [0.29, 0.717) is 28.5 Å². The third kappa shape index (κ3) is 6.82. The summed E-state index contributed by atoms with van der Waals surface area (Å²) in [5, 5.41) is 25.2. The van der Waals surface area contributed by atoms with Gasteiger partial charge in [0.05, 0.1) is 24.2 Å². The molecule has 3 N–H and O–H groups in total. The molecule has 0 heterocycles. The van der Waals surface area contributed by atoms with Gasteiger partial charge in [0.2, 0.25) is 5.91 Å². The van der Waals surface area contributed by atoms with Crippen LogP contribution >= 0.6 is 23.2 Å². The standard InChI is InChI=1S/C26H33Cl2NO3/c1-5-13-26(4,25(32)29-23(16-30)17(2)3)15-22(19-7-6-8-21(28)14-19)24(31)18-9-11-20(27)12-10-18/h5-12,14,17,22-24,30-31H,1,13,15-16H2,2-4H3,(H,29,32)/t22-,23-,24?,26+/m1/s1. The molecule has 2 aromatic rings. The first-order valence-electron chi connectivity index (χ1n) is 10.8. The fraction of sp³-hybridized carbons (Fsp3) is 0.423. The van der Waals surface area contributed by atoms with Gasteiger partial charge in [-0.25, -0.2) is 0 Å². The van der Waals surface area contributed by atoms with E-state index in [9.17, 15) is 15.0 Å². The van der Waals surface area contributed by atoms with Gasteiger partial charge in [-0.15, -0.1) is 6.58 Å². The van der Waals surface area contributed by atoms with Gasteiger partial charge in [-0.3, -0.25) is 4.79 Å². The van der Waals surface area contributed by atoms with E-state index in [2.05, 4.69) is 11.9 Å². The number of carbonyl (C=O) groups is 1. The molecule has 0 fully saturated rings. The number of hydrogen-bond donors (Lipinski definition) is 3. The lowest BCUT2D eigenvalue weighted by Gasteiger charge is -2.35. The zero-order valence-corrected chi connectivity index (χ0v) is 20.4.